The molecule has 0 spiro atoms. The van der Waals surface area contributed by atoms with Crippen molar-refractivity contribution in [3.8, 4) is 5.75 Å². The van der Waals surface area contributed by atoms with E-state index in [4.69, 9.17) is 4.52 Å². The van der Waals surface area contributed by atoms with Gasteiger partial charge in [-0.1, -0.05) is 11.2 Å². The predicted octanol–water partition coefficient (Wildman–Crippen LogP) is 1.05. The number of benzene rings is 1. The maximum Gasteiger partial charge on any atom is 0.235 e. The SMILES string of the molecule is O=C1CCC(c2noc3c(O)cccc23)C(=O)N1. The van der Waals surface area contributed by atoms with E-state index in [1.54, 1.807) is 12.1 Å². The number of piperidine rings is 1. The molecule has 92 valence electrons. The predicted molar refractivity (Wildman–Crippen MR) is 60.8 cm³/mol. The first-order chi connectivity index (χ1) is 8.66. The van der Waals surface area contributed by atoms with Crippen molar-refractivity contribution in [3.05, 3.63) is 23.9 Å². The van der Waals surface area contributed by atoms with Crippen LogP contribution in [0.4, 0.5) is 0 Å². The lowest BCUT2D eigenvalue weighted by Crippen LogP contribution is -2.39. The van der Waals surface area contributed by atoms with Crippen LogP contribution in [0.3, 0.4) is 0 Å². The monoisotopic (exact) mass is 246 g/mol. The van der Waals surface area contributed by atoms with Crippen molar-refractivity contribution in [2.45, 2.75) is 18.8 Å². The summed E-state index contributed by atoms with van der Waals surface area (Å²) in [5.41, 5.74) is 0.725. The van der Waals surface area contributed by atoms with Crippen molar-refractivity contribution in [3.63, 3.8) is 0 Å². The van der Waals surface area contributed by atoms with Crippen molar-refractivity contribution in [1.82, 2.24) is 10.5 Å². The molecule has 2 heterocycles. The number of nitrogens with one attached hydrogen (secondary N) is 1. The number of carbonyl (C=O) groups excluding carboxylic acids is 2. The highest BCUT2D eigenvalue weighted by Gasteiger charge is 2.32. The fourth-order valence-corrected chi connectivity index (χ4v) is 2.17. The number of hydrogen-bond acceptors (Lipinski definition) is 5. The summed E-state index contributed by atoms with van der Waals surface area (Å²) in [4.78, 5) is 22.8. The number of hydrogen-bond donors (Lipinski definition) is 2. The van der Waals surface area contributed by atoms with Crippen LogP contribution in [0.5, 0.6) is 5.75 Å². The van der Waals surface area contributed by atoms with Crippen molar-refractivity contribution in [2.24, 2.45) is 0 Å². The summed E-state index contributed by atoms with van der Waals surface area (Å²) >= 11 is 0. The summed E-state index contributed by atoms with van der Waals surface area (Å²) < 4.78 is 5.04. The lowest BCUT2D eigenvalue weighted by molar-refractivity contribution is -0.134. The third-order valence-electron chi connectivity index (χ3n) is 3.07. The average molecular weight is 246 g/mol. The minimum absolute atomic E-state index is 0.0152. The van der Waals surface area contributed by atoms with Crippen molar-refractivity contribution in [2.75, 3.05) is 0 Å². The van der Waals surface area contributed by atoms with Crippen molar-refractivity contribution in [1.29, 1.82) is 0 Å². The molecular weight excluding hydrogens is 236 g/mol. The van der Waals surface area contributed by atoms with Gasteiger partial charge in [0.1, 0.15) is 5.69 Å². The van der Waals surface area contributed by atoms with Gasteiger partial charge in [-0.15, -0.1) is 0 Å². The van der Waals surface area contributed by atoms with Crippen LogP contribution < -0.4 is 5.32 Å². The molecule has 1 aliphatic heterocycles. The Morgan fingerprint density at radius 2 is 2.22 bits per heavy atom. The van der Waals surface area contributed by atoms with Gasteiger partial charge in [0, 0.05) is 11.8 Å². The van der Waals surface area contributed by atoms with Crippen LogP contribution in [0.2, 0.25) is 0 Å². The third-order valence-corrected chi connectivity index (χ3v) is 3.07. The van der Waals surface area contributed by atoms with Crippen LogP contribution >= 0.6 is 0 Å². The molecule has 1 fully saturated rings. The van der Waals surface area contributed by atoms with Gasteiger partial charge in [-0.2, -0.15) is 0 Å². The highest BCUT2D eigenvalue weighted by atomic mass is 16.5. The molecule has 0 radical (unpaired) electrons. The number of aromatic hydroxyl groups is 1. The summed E-state index contributed by atoms with van der Waals surface area (Å²) in [6, 6.07) is 4.87. The Hall–Kier alpha value is -2.37. The molecule has 3 rings (SSSR count). The molecule has 1 aromatic heterocycles. The Bertz CT molecular complexity index is 647. The molecule has 6 nitrogen and oxygen atoms in total. The van der Waals surface area contributed by atoms with Gasteiger partial charge < -0.3 is 9.63 Å². The number of rotatable bonds is 1. The molecule has 2 amide bonds. The Morgan fingerprint density at radius 1 is 1.39 bits per heavy atom. The molecule has 1 atom stereocenters. The molecule has 0 bridgehead atoms. The molecule has 0 aliphatic carbocycles. The minimum Gasteiger partial charge on any atom is -0.504 e. The highest BCUT2D eigenvalue weighted by Crippen LogP contribution is 2.33. The van der Waals surface area contributed by atoms with Crippen LogP contribution in [-0.4, -0.2) is 22.1 Å². The van der Waals surface area contributed by atoms with E-state index < -0.39 is 5.92 Å². The van der Waals surface area contributed by atoms with E-state index in [9.17, 15) is 14.7 Å². The quantitative estimate of drug-likeness (QED) is 0.734. The fourth-order valence-electron chi connectivity index (χ4n) is 2.17. The smallest absolute Gasteiger partial charge is 0.235 e. The topological polar surface area (TPSA) is 92.4 Å². The Kier molecular flexibility index (Phi) is 2.29. The van der Waals surface area contributed by atoms with E-state index >= 15 is 0 Å². The number of carbonyl (C=O) groups is 2. The second kappa shape index (κ2) is 3.83. The van der Waals surface area contributed by atoms with Gasteiger partial charge in [-0.3, -0.25) is 14.9 Å². The van der Waals surface area contributed by atoms with E-state index in [1.807, 2.05) is 0 Å². The normalized spacial score (nSPS) is 20.1. The van der Waals surface area contributed by atoms with Crippen LogP contribution in [0.1, 0.15) is 24.5 Å². The van der Waals surface area contributed by atoms with E-state index in [0.717, 1.165) is 0 Å². The van der Waals surface area contributed by atoms with Gasteiger partial charge in [0.15, 0.2) is 5.75 Å². The van der Waals surface area contributed by atoms with E-state index in [0.29, 0.717) is 17.5 Å². The molecule has 2 aromatic rings. The zero-order valence-corrected chi connectivity index (χ0v) is 9.34. The molecule has 0 saturated carbocycles. The van der Waals surface area contributed by atoms with Crippen LogP contribution in [0.15, 0.2) is 22.7 Å². The van der Waals surface area contributed by atoms with Crippen molar-refractivity contribution < 1.29 is 19.2 Å². The van der Waals surface area contributed by atoms with Gasteiger partial charge in [0.2, 0.25) is 17.4 Å². The maximum atomic E-state index is 11.8. The molecule has 1 unspecified atom stereocenters. The van der Waals surface area contributed by atoms with Crippen molar-refractivity contribution >= 4 is 22.8 Å². The third kappa shape index (κ3) is 1.54. The Morgan fingerprint density at radius 3 is 3.00 bits per heavy atom. The number of phenolic OH excluding ortho intramolecular Hbond substituents is 1. The Balaban J connectivity index is 2.07. The lowest BCUT2D eigenvalue weighted by atomic mass is 9.93. The van der Waals surface area contributed by atoms with Crippen LogP contribution in [-0.2, 0) is 9.59 Å². The Labute approximate surface area is 102 Å². The van der Waals surface area contributed by atoms with Gasteiger partial charge in [-0.25, -0.2) is 0 Å². The van der Waals surface area contributed by atoms with E-state index in [2.05, 4.69) is 10.5 Å². The van der Waals surface area contributed by atoms with Crippen LogP contribution in [0.25, 0.3) is 11.0 Å². The fraction of sp³-hybridized carbons (Fsp3) is 0.250. The van der Waals surface area contributed by atoms with Gasteiger partial charge in [0.05, 0.1) is 5.92 Å². The highest BCUT2D eigenvalue weighted by molar-refractivity contribution is 6.02. The summed E-state index contributed by atoms with van der Waals surface area (Å²) in [7, 11) is 0. The number of amides is 2. The first-order valence-corrected chi connectivity index (χ1v) is 5.58. The van der Waals surface area contributed by atoms with Gasteiger partial charge in [-0.05, 0) is 18.6 Å². The molecule has 6 heteroatoms. The number of fused-ring (bicyclic) bond motifs is 1. The van der Waals surface area contributed by atoms with Gasteiger partial charge in [0.25, 0.3) is 0 Å². The first kappa shape index (κ1) is 10.8. The lowest BCUT2D eigenvalue weighted by Gasteiger charge is -2.18. The first-order valence-electron chi connectivity index (χ1n) is 5.58. The maximum absolute atomic E-state index is 11.8. The molecule has 1 aliphatic rings. The summed E-state index contributed by atoms with van der Waals surface area (Å²) in [6.45, 7) is 0. The minimum atomic E-state index is -0.509. The number of imide groups is 1. The molecule has 2 N–H and O–H groups in total. The van der Waals surface area contributed by atoms with Gasteiger partial charge >= 0.3 is 0 Å². The molecule has 1 aromatic carbocycles. The zero-order chi connectivity index (χ0) is 12.7. The number of para-hydroxylation sites is 1. The second-order valence-corrected chi connectivity index (χ2v) is 4.23. The summed E-state index contributed by atoms with van der Waals surface area (Å²) in [5.74, 6) is -1.17. The van der Waals surface area contributed by atoms with E-state index in [1.165, 1.54) is 6.07 Å². The average Bonchev–Trinajstić information content (AvgIpc) is 2.74. The van der Waals surface area contributed by atoms with E-state index in [-0.39, 0.29) is 29.6 Å². The number of aromatic nitrogens is 1. The molecule has 1 saturated heterocycles. The second-order valence-electron chi connectivity index (χ2n) is 4.23. The van der Waals surface area contributed by atoms with Crippen LogP contribution in [0, 0.1) is 0 Å². The number of nitrogens with zero attached hydrogens (tertiary/aromatic N) is 1. The summed E-state index contributed by atoms with van der Waals surface area (Å²) in [6.07, 6.45) is 0.686. The zero-order valence-electron chi connectivity index (χ0n) is 9.34. The molecule has 18 heavy (non-hydrogen) atoms. The number of phenols is 1. The molecular formula is C12H10N2O4. The largest absolute Gasteiger partial charge is 0.504 e. The standard InChI is InChI=1S/C12H10N2O4/c15-8-3-1-2-6-10(14-18-11(6)8)7-4-5-9(16)13-12(7)17/h1-3,7,15H,4-5H2,(H,13,16,17). The summed E-state index contributed by atoms with van der Waals surface area (Å²) in [5, 5.41) is 16.3.